The first kappa shape index (κ1) is 10.5. The zero-order valence-electron chi connectivity index (χ0n) is 8.20. The molecule has 1 aromatic rings. The lowest BCUT2D eigenvalue weighted by Crippen LogP contribution is -2.18. The topological polar surface area (TPSA) is 77.2 Å². The van der Waals surface area contributed by atoms with Crippen LogP contribution in [0.2, 0.25) is 0 Å². The monoisotopic (exact) mass is 195 g/mol. The molecule has 0 radical (unpaired) electrons. The van der Waals surface area contributed by atoms with E-state index in [1.54, 1.807) is 6.07 Å². The van der Waals surface area contributed by atoms with Crippen LogP contribution in [0, 0.1) is 13.8 Å². The van der Waals surface area contributed by atoms with Crippen LogP contribution in [-0.2, 0) is 4.74 Å². The maximum Gasteiger partial charge on any atom is 0.414 e. The first-order chi connectivity index (χ1) is 6.61. The highest BCUT2D eigenvalue weighted by atomic mass is 16.6. The first-order valence-electron chi connectivity index (χ1n) is 4.21. The van der Waals surface area contributed by atoms with Gasteiger partial charge in [-0.05, 0) is 31.5 Å². The molecule has 0 unspecified atom stereocenters. The van der Waals surface area contributed by atoms with E-state index in [1.807, 2.05) is 19.9 Å². The molecule has 5 nitrogen and oxygen atoms in total. The number of nitrogens with zero attached hydrogens (tertiary/aromatic N) is 1. The van der Waals surface area contributed by atoms with Crippen LogP contribution in [0.5, 0.6) is 0 Å². The van der Waals surface area contributed by atoms with Crippen molar-refractivity contribution in [1.29, 1.82) is 0 Å². The zero-order valence-corrected chi connectivity index (χ0v) is 8.20. The number of rotatable bonds is 2. The minimum Gasteiger partial charge on any atom is -0.434 e. The van der Waals surface area contributed by atoms with Crippen molar-refractivity contribution in [2.24, 2.45) is 5.73 Å². The van der Waals surface area contributed by atoms with Gasteiger partial charge in [0.25, 0.3) is 0 Å². The van der Waals surface area contributed by atoms with Crippen molar-refractivity contribution >= 4 is 11.9 Å². The second kappa shape index (κ2) is 4.57. The molecular formula is C9H13N3O2. The minimum atomic E-state index is -0.593. The fourth-order valence-corrected chi connectivity index (χ4v) is 1.12. The third-order valence-corrected chi connectivity index (χ3v) is 1.54. The minimum absolute atomic E-state index is 0.142. The normalized spacial score (nSPS) is 9.64. The van der Waals surface area contributed by atoms with Gasteiger partial charge in [-0.1, -0.05) is 0 Å². The number of carbonyl (C=O) groups is 1. The summed E-state index contributed by atoms with van der Waals surface area (Å²) in [6.45, 7) is 3.64. The lowest BCUT2D eigenvalue weighted by atomic mass is 10.2. The molecule has 0 aliphatic carbocycles. The summed E-state index contributed by atoms with van der Waals surface area (Å²) >= 11 is 0. The zero-order chi connectivity index (χ0) is 10.6. The molecule has 0 aromatic carbocycles. The second-order valence-corrected chi connectivity index (χ2v) is 2.89. The van der Waals surface area contributed by atoms with Gasteiger partial charge in [0.1, 0.15) is 12.5 Å². The van der Waals surface area contributed by atoms with Crippen molar-refractivity contribution in [3.63, 3.8) is 0 Å². The van der Waals surface area contributed by atoms with Crippen molar-refractivity contribution in [3.05, 3.63) is 23.4 Å². The fraction of sp³-hybridized carbons (Fsp3) is 0.333. The van der Waals surface area contributed by atoms with Gasteiger partial charge in [0, 0.05) is 5.69 Å². The fourth-order valence-electron chi connectivity index (χ4n) is 1.12. The highest BCUT2D eigenvalue weighted by molar-refractivity contribution is 5.83. The molecule has 3 N–H and O–H groups in total. The molecule has 0 saturated carbocycles. The summed E-state index contributed by atoms with van der Waals surface area (Å²) < 4.78 is 4.51. The van der Waals surface area contributed by atoms with Crippen LogP contribution in [0.15, 0.2) is 12.1 Å². The quantitative estimate of drug-likeness (QED) is 0.694. The van der Waals surface area contributed by atoms with Crippen molar-refractivity contribution in [3.8, 4) is 0 Å². The first-order valence-corrected chi connectivity index (χ1v) is 4.21. The van der Waals surface area contributed by atoms with E-state index in [4.69, 9.17) is 5.73 Å². The van der Waals surface area contributed by atoms with Crippen molar-refractivity contribution in [2.75, 3.05) is 12.0 Å². The Balaban J connectivity index is 2.71. The van der Waals surface area contributed by atoms with Gasteiger partial charge in [0.15, 0.2) is 0 Å². The van der Waals surface area contributed by atoms with Crippen LogP contribution < -0.4 is 11.1 Å². The SMILES string of the molecule is Cc1cc(C)nc(NC(=O)OCN)c1. The average molecular weight is 195 g/mol. The number of anilines is 1. The largest absolute Gasteiger partial charge is 0.434 e. The van der Waals surface area contributed by atoms with E-state index in [1.165, 1.54) is 0 Å². The maximum atomic E-state index is 11.0. The molecule has 0 atom stereocenters. The number of hydrogen-bond donors (Lipinski definition) is 2. The number of aromatic nitrogens is 1. The Morgan fingerprint density at radius 2 is 2.29 bits per heavy atom. The van der Waals surface area contributed by atoms with Crippen LogP contribution in [0.3, 0.4) is 0 Å². The smallest absolute Gasteiger partial charge is 0.414 e. The summed E-state index contributed by atoms with van der Waals surface area (Å²) in [4.78, 5) is 15.1. The van der Waals surface area contributed by atoms with Gasteiger partial charge in [-0.15, -0.1) is 0 Å². The van der Waals surface area contributed by atoms with Crippen LogP contribution in [-0.4, -0.2) is 17.8 Å². The second-order valence-electron chi connectivity index (χ2n) is 2.89. The van der Waals surface area contributed by atoms with E-state index in [-0.39, 0.29) is 6.73 Å². The standard InChI is InChI=1S/C9H13N3O2/c1-6-3-7(2)11-8(4-6)12-9(13)14-5-10/h3-4H,5,10H2,1-2H3,(H,11,12,13). The summed E-state index contributed by atoms with van der Waals surface area (Å²) in [6.07, 6.45) is -0.593. The Bertz CT molecular complexity index is 319. The van der Waals surface area contributed by atoms with Crippen LogP contribution in [0.4, 0.5) is 10.6 Å². The predicted octanol–water partition coefficient (Wildman–Crippen LogP) is 1.16. The molecule has 1 amide bonds. The van der Waals surface area contributed by atoms with E-state index in [2.05, 4.69) is 15.0 Å². The average Bonchev–Trinajstić information content (AvgIpc) is 2.01. The number of nitrogens with one attached hydrogen (secondary N) is 1. The lowest BCUT2D eigenvalue weighted by Gasteiger charge is -2.05. The molecular weight excluding hydrogens is 182 g/mol. The van der Waals surface area contributed by atoms with E-state index in [0.29, 0.717) is 5.82 Å². The van der Waals surface area contributed by atoms with Crippen molar-refractivity contribution in [2.45, 2.75) is 13.8 Å². The summed E-state index contributed by atoms with van der Waals surface area (Å²) in [6, 6.07) is 3.67. The van der Waals surface area contributed by atoms with Crippen molar-refractivity contribution < 1.29 is 9.53 Å². The Morgan fingerprint density at radius 1 is 1.57 bits per heavy atom. The summed E-state index contributed by atoms with van der Waals surface area (Å²) in [5.41, 5.74) is 6.91. The molecule has 1 aromatic heterocycles. The summed E-state index contributed by atoms with van der Waals surface area (Å²) in [7, 11) is 0. The Kier molecular flexibility index (Phi) is 3.41. The number of aryl methyl sites for hydroxylation is 2. The van der Waals surface area contributed by atoms with Gasteiger partial charge in [-0.25, -0.2) is 9.78 Å². The third-order valence-electron chi connectivity index (χ3n) is 1.54. The van der Waals surface area contributed by atoms with Gasteiger partial charge in [-0.3, -0.25) is 11.1 Å². The molecule has 1 heterocycles. The molecule has 1 rings (SSSR count). The van der Waals surface area contributed by atoms with Gasteiger partial charge < -0.3 is 4.74 Å². The molecule has 0 saturated heterocycles. The third kappa shape index (κ3) is 3.02. The highest BCUT2D eigenvalue weighted by Gasteiger charge is 2.03. The Morgan fingerprint density at radius 3 is 2.86 bits per heavy atom. The van der Waals surface area contributed by atoms with Gasteiger partial charge in [0.2, 0.25) is 0 Å². The molecule has 0 aliphatic heterocycles. The van der Waals surface area contributed by atoms with Crippen LogP contribution in [0.25, 0.3) is 0 Å². The summed E-state index contributed by atoms with van der Waals surface area (Å²) in [5.74, 6) is 0.473. The Labute approximate surface area is 82.3 Å². The number of nitrogens with two attached hydrogens (primary N) is 1. The molecule has 14 heavy (non-hydrogen) atoms. The number of amides is 1. The van der Waals surface area contributed by atoms with E-state index in [0.717, 1.165) is 11.3 Å². The maximum absolute atomic E-state index is 11.0. The highest BCUT2D eigenvalue weighted by Crippen LogP contribution is 2.08. The van der Waals surface area contributed by atoms with Crippen LogP contribution >= 0.6 is 0 Å². The van der Waals surface area contributed by atoms with Crippen LogP contribution in [0.1, 0.15) is 11.3 Å². The van der Waals surface area contributed by atoms with E-state index in [9.17, 15) is 4.79 Å². The van der Waals surface area contributed by atoms with Crippen molar-refractivity contribution in [1.82, 2.24) is 4.98 Å². The van der Waals surface area contributed by atoms with Gasteiger partial charge >= 0.3 is 6.09 Å². The molecule has 0 fully saturated rings. The molecule has 76 valence electrons. The Hall–Kier alpha value is -1.62. The number of hydrogen-bond acceptors (Lipinski definition) is 4. The molecule has 0 spiro atoms. The molecule has 0 aliphatic rings. The lowest BCUT2D eigenvalue weighted by molar-refractivity contribution is 0.165. The molecule has 0 bridgehead atoms. The van der Waals surface area contributed by atoms with E-state index >= 15 is 0 Å². The van der Waals surface area contributed by atoms with Gasteiger partial charge in [0.05, 0.1) is 0 Å². The number of carbonyl (C=O) groups excluding carboxylic acids is 1. The van der Waals surface area contributed by atoms with E-state index < -0.39 is 6.09 Å². The number of ether oxygens (including phenoxy) is 1. The predicted molar refractivity (Wildman–Crippen MR) is 52.9 cm³/mol. The summed E-state index contributed by atoms with van der Waals surface area (Å²) in [5, 5.41) is 2.47. The number of pyridine rings is 1. The molecule has 5 heteroatoms. The van der Waals surface area contributed by atoms with Gasteiger partial charge in [-0.2, -0.15) is 0 Å².